The molecule has 2 aliphatic rings. The Kier molecular flexibility index (Phi) is 5.18. The summed E-state index contributed by atoms with van der Waals surface area (Å²) in [5.74, 6) is 0.581. The summed E-state index contributed by atoms with van der Waals surface area (Å²) in [6, 6.07) is 26.0. The summed E-state index contributed by atoms with van der Waals surface area (Å²) in [5.41, 5.74) is 4.38. The fourth-order valence-electron chi connectivity index (χ4n) is 5.00. The van der Waals surface area contributed by atoms with Gasteiger partial charge in [0.1, 0.15) is 11.5 Å². The van der Waals surface area contributed by atoms with Gasteiger partial charge < -0.3 is 14.8 Å². The van der Waals surface area contributed by atoms with E-state index in [1.165, 1.54) is 11.3 Å². The number of amides is 2. The lowest BCUT2D eigenvalue weighted by atomic mass is 10.1. The van der Waals surface area contributed by atoms with Crippen LogP contribution >= 0.6 is 11.3 Å². The van der Waals surface area contributed by atoms with Crippen LogP contribution in [-0.2, 0) is 6.42 Å². The van der Waals surface area contributed by atoms with Crippen molar-refractivity contribution in [2.24, 2.45) is 0 Å². The Bertz CT molecular complexity index is 1680. The maximum atomic E-state index is 13.9. The third-order valence-corrected chi connectivity index (χ3v) is 8.24. The Morgan fingerprint density at radius 2 is 1.78 bits per heavy atom. The lowest BCUT2D eigenvalue weighted by molar-refractivity contribution is 0.0952. The maximum absolute atomic E-state index is 13.9. The topological polar surface area (TPSA) is 67.2 Å². The van der Waals surface area contributed by atoms with Crippen LogP contribution in [0.25, 0.3) is 27.2 Å². The normalized spacial score (nSPS) is 14.6. The van der Waals surface area contributed by atoms with Gasteiger partial charge in [-0.05, 0) is 66.6 Å². The zero-order chi connectivity index (χ0) is 24.9. The fourth-order valence-corrected chi connectivity index (χ4v) is 6.15. The molecule has 1 aliphatic carbocycles. The second-order valence-corrected chi connectivity index (χ2v) is 10.6. The summed E-state index contributed by atoms with van der Waals surface area (Å²) in [7, 11) is 0. The van der Waals surface area contributed by atoms with Gasteiger partial charge in [0, 0.05) is 29.2 Å². The van der Waals surface area contributed by atoms with E-state index < -0.39 is 0 Å². The molecule has 2 aromatic carbocycles. The first kappa shape index (κ1) is 22.0. The second-order valence-electron chi connectivity index (χ2n) is 9.56. The number of nitrogens with one attached hydrogen (secondary N) is 1. The van der Waals surface area contributed by atoms with Crippen molar-refractivity contribution in [2.75, 3.05) is 11.4 Å². The molecule has 1 saturated carbocycles. The summed E-state index contributed by atoms with van der Waals surface area (Å²) in [6.07, 6.45) is 4.78. The van der Waals surface area contributed by atoms with Gasteiger partial charge in [0.15, 0.2) is 0 Å². The van der Waals surface area contributed by atoms with Gasteiger partial charge in [-0.25, -0.2) is 4.98 Å². The first-order valence-electron chi connectivity index (χ1n) is 12.5. The highest BCUT2D eigenvalue weighted by atomic mass is 32.1. The highest BCUT2D eigenvalue weighted by molar-refractivity contribution is 7.17. The molecule has 6 nitrogen and oxygen atoms in total. The molecule has 1 N–H and O–H groups in total. The third-order valence-electron chi connectivity index (χ3n) is 7.03. The van der Waals surface area contributed by atoms with E-state index in [1.807, 2.05) is 82.4 Å². The number of para-hydroxylation sites is 2. The van der Waals surface area contributed by atoms with Gasteiger partial charge in [-0.3, -0.25) is 9.59 Å². The number of thiophene rings is 1. The largest absolute Gasteiger partial charge is 0.349 e. The van der Waals surface area contributed by atoms with Crippen LogP contribution < -0.4 is 10.2 Å². The lowest BCUT2D eigenvalue weighted by Gasteiger charge is -2.23. The molecule has 4 heterocycles. The van der Waals surface area contributed by atoms with Gasteiger partial charge in [-0.2, -0.15) is 0 Å². The van der Waals surface area contributed by atoms with Crippen LogP contribution in [0.3, 0.4) is 0 Å². The maximum Gasteiger partial charge on any atom is 0.276 e. The monoisotopic (exact) mass is 504 g/mol. The van der Waals surface area contributed by atoms with E-state index in [0.29, 0.717) is 30.5 Å². The molecule has 0 saturated heterocycles. The van der Waals surface area contributed by atoms with E-state index >= 15 is 0 Å². The average Bonchev–Trinajstić information content (AvgIpc) is 3.52. The van der Waals surface area contributed by atoms with E-state index in [2.05, 4.69) is 11.4 Å². The van der Waals surface area contributed by atoms with Crippen molar-refractivity contribution in [1.29, 1.82) is 0 Å². The Labute approximate surface area is 218 Å². The number of fused-ring (bicyclic) bond motifs is 4. The van der Waals surface area contributed by atoms with E-state index in [1.54, 1.807) is 6.07 Å². The van der Waals surface area contributed by atoms with E-state index in [0.717, 1.165) is 50.3 Å². The molecular formula is C30H24N4O2S. The lowest BCUT2D eigenvalue weighted by Crippen LogP contribution is -2.33. The number of aromatic nitrogens is 2. The van der Waals surface area contributed by atoms with Gasteiger partial charge in [-0.15, -0.1) is 11.3 Å². The first-order chi connectivity index (χ1) is 18.2. The number of benzene rings is 2. The molecule has 0 atom stereocenters. The SMILES string of the molecule is O=C(NC1CC1)c1cc2c(s1)-c1ccccc1N(C(=O)c1cccc(-n3ccc4ccccc43)n1)CC2. The van der Waals surface area contributed by atoms with Gasteiger partial charge in [0.05, 0.1) is 16.1 Å². The Morgan fingerprint density at radius 1 is 0.946 bits per heavy atom. The molecule has 7 rings (SSSR count). The summed E-state index contributed by atoms with van der Waals surface area (Å²) in [6.45, 7) is 0.515. The van der Waals surface area contributed by atoms with Crippen LogP contribution in [0.2, 0.25) is 0 Å². The highest BCUT2D eigenvalue weighted by Crippen LogP contribution is 2.42. The van der Waals surface area contributed by atoms with E-state index in [4.69, 9.17) is 4.98 Å². The number of carbonyl (C=O) groups is 2. The minimum atomic E-state index is -0.132. The van der Waals surface area contributed by atoms with Crippen LogP contribution in [-0.4, -0.2) is 34.0 Å². The van der Waals surface area contributed by atoms with Crippen molar-refractivity contribution in [2.45, 2.75) is 25.3 Å². The van der Waals surface area contributed by atoms with Gasteiger partial charge in [0.2, 0.25) is 0 Å². The molecule has 2 amide bonds. The summed E-state index contributed by atoms with van der Waals surface area (Å²) in [4.78, 5) is 35.0. The van der Waals surface area contributed by atoms with E-state index in [-0.39, 0.29) is 11.8 Å². The van der Waals surface area contributed by atoms with Gasteiger partial charge >= 0.3 is 0 Å². The Morgan fingerprint density at radius 3 is 2.68 bits per heavy atom. The molecule has 182 valence electrons. The minimum absolute atomic E-state index is 0.00420. The quantitative estimate of drug-likeness (QED) is 0.334. The van der Waals surface area contributed by atoms with Crippen molar-refractivity contribution in [3.63, 3.8) is 0 Å². The van der Waals surface area contributed by atoms with Crippen molar-refractivity contribution in [3.05, 3.63) is 101 Å². The molecule has 1 fully saturated rings. The molecule has 37 heavy (non-hydrogen) atoms. The predicted octanol–water partition coefficient (Wildman–Crippen LogP) is 5.85. The van der Waals surface area contributed by atoms with Crippen molar-refractivity contribution in [1.82, 2.24) is 14.9 Å². The standard InChI is InChI=1S/C30H24N4O2S/c35-29(31-21-12-13-21)26-18-20-15-17-34(25-10-4-2-7-22(25)28(20)37-26)30(36)23-8-5-11-27(32-23)33-16-14-19-6-1-3-9-24(19)33/h1-11,14,16,18,21H,12-13,15,17H2,(H,31,35). The predicted molar refractivity (Wildman–Crippen MR) is 147 cm³/mol. The number of hydrogen-bond donors (Lipinski definition) is 1. The number of hydrogen-bond acceptors (Lipinski definition) is 4. The highest BCUT2D eigenvalue weighted by Gasteiger charge is 2.29. The summed E-state index contributed by atoms with van der Waals surface area (Å²) >= 11 is 1.51. The number of carbonyl (C=O) groups excluding carboxylic acids is 2. The van der Waals surface area contributed by atoms with Crippen molar-refractivity contribution < 1.29 is 9.59 Å². The van der Waals surface area contributed by atoms with Crippen LogP contribution in [0.4, 0.5) is 5.69 Å². The van der Waals surface area contributed by atoms with Crippen LogP contribution in [0.5, 0.6) is 0 Å². The zero-order valence-electron chi connectivity index (χ0n) is 20.1. The average molecular weight is 505 g/mol. The number of nitrogens with zero attached hydrogens (tertiary/aromatic N) is 3. The van der Waals surface area contributed by atoms with E-state index in [9.17, 15) is 9.59 Å². The second kappa shape index (κ2) is 8.71. The van der Waals surface area contributed by atoms with Crippen LogP contribution in [0, 0.1) is 0 Å². The molecule has 7 heteroatoms. The third kappa shape index (κ3) is 3.92. The van der Waals surface area contributed by atoms with Crippen LogP contribution in [0.1, 0.15) is 38.6 Å². The molecule has 0 unspecified atom stereocenters. The van der Waals surface area contributed by atoms with Gasteiger partial charge in [0.25, 0.3) is 11.8 Å². The van der Waals surface area contributed by atoms with Crippen LogP contribution in [0.15, 0.2) is 85.1 Å². The molecular weight excluding hydrogens is 480 g/mol. The van der Waals surface area contributed by atoms with Crippen molar-refractivity contribution in [3.8, 4) is 16.3 Å². The Hall–Kier alpha value is -4.23. The molecule has 0 spiro atoms. The number of anilines is 1. The summed E-state index contributed by atoms with van der Waals surface area (Å²) in [5, 5.41) is 4.22. The minimum Gasteiger partial charge on any atom is -0.349 e. The molecule has 3 aromatic heterocycles. The van der Waals surface area contributed by atoms with Crippen molar-refractivity contribution >= 4 is 39.7 Å². The first-order valence-corrected chi connectivity index (χ1v) is 13.4. The Balaban J connectivity index is 1.23. The molecule has 1 aliphatic heterocycles. The molecule has 5 aromatic rings. The number of pyridine rings is 1. The molecule has 0 radical (unpaired) electrons. The molecule has 0 bridgehead atoms. The summed E-state index contributed by atoms with van der Waals surface area (Å²) < 4.78 is 2.01. The zero-order valence-corrected chi connectivity index (χ0v) is 20.9. The fraction of sp³-hybridized carbons (Fsp3) is 0.167. The van der Waals surface area contributed by atoms with Gasteiger partial charge in [-0.1, -0.05) is 42.5 Å². The number of rotatable bonds is 4. The smallest absolute Gasteiger partial charge is 0.276 e.